The van der Waals surface area contributed by atoms with E-state index in [-0.39, 0.29) is 23.8 Å². The summed E-state index contributed by atoms with van der Waals surface area (Å²) in [5.41, 5.74) is 4.67. The lowest BCUT2D eigenvalue weighted by Gasteiger charge is -2.38. The Kier molecular flexibility index (Phi) is 7.06. The molecule has 0 unspecified atom stereocenters. The average molecular weight is 449 g/mol. The Morgan fingerprint density at radius 1 is 1.12 bits per heavy atom. The molecule has 0 spiro atoms. The zero-order valence-electron chi connectivity index (χ0n) is 20.3. The van der Waals surface area contributed by atoms with Gasteiger partial charge in [0.25, 0.3) is 5.91 Å². The molecule has 4 rings (SSSR count). The largest absolute Gasteiger partial charge is 0.481 e. The molecule has 1 aliphatic carbocycles. The van der Waals surface area contributed by atoms with Crippen molar-refractivity contribution in [1.29, 1.82) is 0 Å². The summed E-state index contributed by atoms with van der Waals surface area (Å²) >= 11 is 0. The summed E-state index contributed by atoms with van der Waals surface area (Å²) in [6, 6.07) is 14.5. The first-order chi connectivity index (χ1) is 15.9. The Bertz CT molecular complexity index is 995. The second-order valence-electron chi connectivity index (χ2n) is 9.88. The number of hydrogen-bond donors (Lipinski definition) is 1. The van der Waals surface area contributed by atoms with Crippen molar-refractivity contribution in [3.8, 4) is 5.75 Å². The fraction of sp³-hybridized carbons (Fsp3) is 0.500. The first-order valence-corrected chi connectivity index (χ1v) is 12.3. The number of nitrogens with zero attached hydrogens (tertiary/aromatic N) is 1. The summed E-state index contributed by atoms with van der Waals surface area (Å²) in [4.78, 5) is 27.9. The zero-order chi connectivity index (χ0) is 23.5. The van der Waals surface area contributed by atoms with Crippen LogP contribution in [0.25, 0.3) is 0 Å². The van der Waals surface area contributed by atoms with Gasteiger partial charge in [-0.1, -0.05) is 56.7 Å². The Morgan fingerprint density at radius 3 is 2.48 bits per heavy atom. The molecule has 1 N–H and O–H groups in total. The molecule has 0 aromatic heterocycles. The van der Waals surface area contributed by atoms with Crippen LogP contribution in [0.15, 0.2) is 42.5 Å². The van der Waals surface area contributed by atoms with Gasteiger partial charge < -0.3 is 15.0 Å². The van der Waals surface area contributed by atoms with Gasteiger partial charge in [0.2, 0.25) is 5.91 Å². The molecule has 33 heavy (non-hydrogen) atoms. The molecule has 2 aromatic carbocycles. The molecule has 0 radical (unpaired) electrons. The normalized spacial score (nSPS) is 18.6. The molecule has 5 nitrogen and oxygen atoms in total. The second kappa shape index (κ2) is 9.98. The highest BCUT2D eigenvalue weighted by Gasteiger charge is 2.39. The molecule has 0 saturated heterocycles. The molecule has 1 saturated carbocycles. The van der Waals surface area contributed by atoms with Crippen molar-refractivity contribution in [2.75, 3.05) is 13.1 Å². The van der Waals surface area contributed by atoms with E-state index in [9.17, 15) is 9.59 Å². The minimum atomic E-state index is -0.535. The highest BCUT2D eigenvalue weighted by atomic mass is 16.5. The highest BCUT2D eigenvalue weighted by Crippen LogP contribution is 2.41. The molecular weight excluding hydrogens is 412 g/mol. The summed E-state index contributed by atoms with van der Waals surface area (Å²) in [6.45, 7) is 9.56. The van der Waals surface area contributed by atoms with Gasteiger partial charge >= 0.3 is 0 Å². The SMILES string of the molecule is CC[C@@H](Oc1ccc2c(c1)[C@@H](c1ccc(C)cc1)N(C(=O)C1CC1)CC2)C(=O)NCC(C)C. The number of benzene rings is 2. The maximum absolute atomic E-state index is 13.2. The number of aryl methyl sites for hydroxylation is 1. The van der Waals surface area contributed by atoms with Crippen LogP contribution in [0.3, 0.4) is 0 Å². The lowest BCUT2D eigenvalue weighted by atomic mass is 9.87. The molecular formula is C28H36N2O3. The summed E-state index contributed by atoms with van der Waals surface area (Å²) in [5.74, 6) is 1.42. The van der Waals surface area contributed by atoms with Gasteiger partial charge in [0.1, 0.15) is 5.75 Å². The summed E-state index contributed by atoms with van der Waals surface area (Å²) in [6.07, 6.45) is 2.88. The Balaban J connectivity index is 1.63. The Labute approximate surface area is 197 Å². The minimum absolute atomic E-state index is 0.0791. The van der Waals surface area contributed by atoms with Gasteiger partial charge in [-0.3, -0.25) is 9.59 Å². The predicted octanol–water partition coefficient (Wildman–Crippen LogP) is 4.81. The number of ether oxygens (including phenoxy) is 1. The predicted molar refractivity (Wildman–Crippen MR) is 130 cm³/mol. The molecule has 1 fully saturated rings. The van der Waals surface area contributed by atoms with E-state index < -0.39 is 6.10 Å². The van der Waals surface area contributed by atoms with Crippen LogP contribution in [-0.2, 0) is 16.0 Å². The summed E-state index contributed by atoms with van der Waals surface area (Å²) < 4.78 is 6.17. The van der Waals surface area contributed by atoms with Crippen molar-refractivity contribution in [3.05, 3.63) is 64.7 Å². The van der Waals surface area contributed by atoms with Crippen molar-refractivity contribution < 1.29 is 14.3 Å². The lowest BCUT2D eigenvalue weighted by Crippen LogP contribution is -2.41. The van der Waals surface area contributed by atoms with Crippen molar-refractivity contribution >= 4 is 11.8 Å². The van der Waals surface area contributed by atoms with Crippen LogP contribution in [0, 0.1) is 18.8 Å². The molecule has 1 heterocycles. The molecule has 2 aliphatic rings. The first-order valence-electron chi connectivity index (χ1n) is 12.3. The van der Waals surface area contributed by atoms with Crippen LogP contribution in [0.1, 0.15) is 68.3 Å². The fourth-order valence-electron chi connectivity index (χ4n) is 4.48. The van der Waals surface area contributed by atoms with Crippen molar-refractivity contribution in [2.24, 2.45) is 11.8 Å². The van der Waals surface area contributed by atoms with Crippen LogP contribution in [0.4, 0.5) is 0 Å². The number of amides is 2. The number of nitrogens with one attached hydrogen (secondary N) is 1. The number of fused-ring (bicyclic) bond motifs is 1. The zero-order valence-corrected chi connectivity index (χ0v) is 20.3. The quantitative estimate of drug-likeness (QED) is 0.631. The van der Waals surface area contributed by atoms with Crippen LogP contribution in [0.5, 0.6) is 5.75 Å². The second-order valence-corrected chi connectivity index (χ2v) is 9.88. The number of carbonyl (C=O) groups excluding carboxylic acids is 2. The van der Waals surface area contributed by atoms with Crippen LogP contribution in [0.2, 0.25) is 0 Å². The number of carbonyl (C=O) groups is 2. The van der Waals surface area contributed by atoms with Gasteiger partial charge in [-0.15, -0.1) is 0 Å². The molecule has 176 valence electrons. The minimum Gasteiger partial charge on any atom is -0.481 e. The van der Waals surface area contributed by atoms with Crippen molar-refractivity contribution in [1.82, 2.24) is 10.2 Å². The van der Waals surface area contributed by atoms with E-state index in [0.717, 1.165) is 36.9 Å². The van der Waals surface area contributed by atoms with E-state index in [1.165, 1.54) is 11.1 Å². The van der Waals surface area contributed by atoms with Crippen molar-refractivity contribution in [2.45, 2.75) is 65.5 Å². The van der Waals surface area contributed by atoms with Crippen LogP contribution < -0.4 is 10.1 Å². The van der Waals surface area contributed by atoms with E-state index in [1.54, 1.807) is 0 Å². The van der Waals surface area contributed by atoms with Crippen LogP contribution in [-0.4, -0.2) is 35.9 Å². The van der Waals surface area contributed by atoms with E-state index in [2.05, 4.69) is 61.3 Å². The monoisotopic (exact) mass is 448 g/mol. The number of rotatable bonds is 8. The Morgan fingerprint density at radius 2 is 1.85 bits per heavy atom. The third-order valence-corrected chi connectivity index (χ3v) is 6.57. The first kappa shape index (κ1) is 23.3. The van der Waals surface area contributed by atoms with Gasteiger partial charge in [0.15, 0.2) is 6.10 Å². The van der Waals surface area contributed by atoms with Crippen LogP contribution >= 0.6 is 0 Å². The molecule has 2 amide bonds. The third kappa shape index (κ3) is 5.40. The fourth-order valence-corrected chi connectivity index (χ4v) is 4.48. The van der Waals surface area contributed by atoms with Gasteiger partial charge in [-0.2, -0.15) is 0 Å². The molecule has 2 atom stereocenters. The van der Waals surface area contributed by atoms with Gasteiger partial charge in [-0.25, -0.2) is 0 Å². The standard InChI is InChI=1S/C28H36N2O3/c1-5-25(27(31)29-17-18(2)3)33-23-13-12-20-14-15-30(28(32)22-10-11-22)26(24(20)16-23)21-8-6-19(4)7-9-21/h6-9,12-13,16,18,22,25-26H,5,10-11,14-15,17H2,1-4H3,(H,29,31)/t25-,26-/m1/s1. The number of hydrogen-bond acceptors (Lipinski definition) is 3. The topological polar surface area (TPSA) is 58.6 Å². The van der Waals surface area contributed by atoms with Gasteiger partial charge in [-0.05, 0) is 67.3 Å². The van der Waals surface area contributed by atoms with Crippen molar-refractivity contribution in [3.63, 3.8) is 0 Å². The summed E-state index contributed by atoms with van der Waals surface area (Å²) in [7, 11) is 0. The molecule has 2 aromatic rings. The smallest absolute Gasteiger partial charge is 0.261 e. The van der Waals surface area contributed by atoms with E-state index >= 15 is 0 Å². The van der Waals surface area contributed by atoms with E-state index in [1.807, 2.05) is 19.1 Å². The molecule has 1 aliphatic heterocycles. The molecule has 5 heteroatoms. The third-order valence-electron chi connectivity index (χ3n) is 6.57. The molecule has 0 bridgehead atoms. The maximum Gasteiger partial charge on any atom is 0.261 e. The Hall–Kier alpha value is -2.82. The van der Waals surface area contributed by atoms with E-state index in [0.29, 0.717) is 24.6 Å². The van der Waals surface area contributed by atoms with Gasteiger partial charge in [0, 0.05) is 19.0 Å². The van der Waals surface area contributed by atoms with E-state index in [4.69, 9.17) is 4.74 Å². The highest BCUT2D eigenvalue weighted by molar-refractivity contribution is 5.82. The maximum atomic E-state index is 13.2. The summed E-state index contributed by atoms with van der Waals surface area (Å²) in [5, 5.41) is 2.98. The lowest BCUT2D eigenvalue weighted by molar-refractivity contribution is -0.134. The average Bonchev–Trinajstić information content (AvgIpc) is 3.66. The van der Waals surface area contributed by atoms with Gasteiger partial charge in [0.05, 0.1) is 6.04 Å².